The third-order valence-electron chi connectivity index (χ3n) is 3.12. The molecule has 0 atom stereocenters. The zero-order valence-electron chi connectivity index (χ0n) is 13.3. The van der Waals surface area contributed by atoms with Crippen LogP contribution in [-0.2, 0) is 4.79 Å². The van der Waals surface area contributed by atoms with Crippen LogP contribution in [0.1, 0.15) is 24.2 Å². The molecule has 1 aromatic heterocycles. The molecule has 0 unspecified atom stereocenters. The Morgan fingerprint density at radius 1 is 1.04 bits per heavy atom. The van der Waals surface area contributed by atoms with E-state index < -0.39 is 0 Å². The quantitative estimate of drug-likeness (QED) is 0.693. The normalized spacial score (nSPS) is 10.5. The van der Waals surface area contributed by atoms with Crippen LogP contribution >= 0.6 is 34.8 Å². The van der Waals surface area contributed by atoms with Gasteiger partial charge in [0.05, 0.1) is 15.7 Å². The van der Waals surface area contributed by atoms with Crippen molar-refractivity contribution in [3.05, 3.63) is 44.7 Å². The summed E-state index contributed by atoms with van der Waals surface area (Å²) in [6.07, 6.45) is 0.929. The lowest BCUT2D eigenvalue weighted by Crippen LogP contribution is -2.14. The Bertz CT molecular complexity index is 709. The molecule has 0 aliphatic rings. The lowest BCUT2D eigenvalue weighted by molar-refractivity contribution is -0.116. The zero-order valence-corrected chi connectivity index (χ0v) is 15.6. The maximum absolute atomic E-state index is 12.0. The fraction of sp³-hybridized carbons (Fsp3) is 0.312. The molecule has 8 heteroatoms. The van der Waals surface area contributed by atoms with Crippen LogP contribution in [0.5, 0.6) is 0 Å². The second-order valence-electron chi connectivity index (χ2n) is 5.30. The van der Waals surface area contributed by atoms with Gasteiger partial charge >= 0.3 is 0 Å². The highest BCUT2D eigenvalue weighted by Gasteiger charge is 2.11. The van der Waals surface area contributed by atoms with Crippen LogP contribution < -0.4 is 10.6 Å². The Balaban J connectivity index is 1.82. The zero-order chi connectivity index (χ0) is 17.7. The second-order valence-corrected chi connectivity index (χ2v) is 6.55. The lowest BCUT2D eigenvalue weighted by Gasteiger charge is -2.10. The molecule has 1 amide bonds. The van der Waals surface area contributed by atoms with Gasteiger partial charge in [-0.05, 0) is 38.5 Å². The van der Waals surface area contributed by atoms with Crippen molar-refractivity contribution in [3.8, 4) is 0 Å². The molecule has 1 heterocycles. The van der Waals surface area contributed by atoms with Gasteiger partial charge in [0.25, 0.3) is 0 Å². The maximum atomic E-state index is 12.0. The number of nitrogens with zero attached hydrogens (tertiary/aromatic N) is 2. The predicted molar refractivity (Wildman–Crippen MR) is 99.3 cm³/mol. The first-order valence-electron chi connectivity index (χ1n) is 7.35. The fourth-order valence-corrected chi connectivity index (χ4v) is 3.03. The van der Waals surface area contributed by atoms with Crippen molar-refractivity contribution < 1.29 is 4.79 Å². The molecule has 0 aliphatic heterocycles. The number of rotatable bonds is 6. The first-order valence-corrected chi connectivity index (χ1v) is 8.49. The topological polar surface area (TPSA) is 66.9 Å². The highest BCUT2D eigenvalue weighted by molar-refractivity contribution is 6.42. The number of hydrogen-bond acceptors (Lipinski definition) is 4. The molecule has 0 saturated carbocycles. The summed E-state index contributed by atoms with van der Waals surface area (Å²) in [5.74, 6) is 0.390. The maximum Gasteiger partial charge on any atom is 0.224 e. The van der Waals surface area contributed by atoms with E-state index in [0.717, 1.165) is 11.4 Å². The van der Waals surface area contributed by atoms with E-state index in [2.05, 4.69) is 20.6 Å². The summed E-state index contributed by atoms with van der Waals surface area (Å²) in [6, 6.07) is 4.96. The van der Waals surface area contributed by atoms with Gasteiger partial charge in [-0.3, -0.25) is 4.79 Å². The minimum atomic E-state index is -0.177. The smallest absolute Gasteiger partial charge is 0.224 e. The number of nitrogens with one attached hydrogen (secondary N) is 2. The SMILES string of the molecule is Cc1cc(C)nc(NCCCC(=O)Nc2c(Cl)cc(Cl)cc2Cl)n1. The monoisotopic (exact) mass is 386 g/mol. The molecule has 0 spiro atoms. The summed E-state index contributed by atoms with van der Waals surface area (Å²) >= 11 is 17.9. The second kappa shape index (κ2) is 8.51. The standard InChI is InChI=1S/C16H17Cl3N4O/c1-9-6-10(2)22-16(21-9)20-5-3-4-14(24)23-15-12(18)7-11(17)8-13(15)19/h6-8H,3-5H2,1-2H3,(H,23,24)(H,20,21,22). The molecule has 0 fully saturated rings. The van der Waals surface area contributed by atoms with E-state index in [-0.39, 0.29) is 5.91 Å². The van der Waals surface area contributed by atoms with Crippen LogP contribution in [0, 0.1) is 13.8 Å². The number of carbonyl (C=O) groups is 1. The minimum Gasteiger partial charge on any atom is -0.354 e. The molecule has 128 valence electrons. The first kappa shape index (κ1) is 18.8. The van der Waals surface area contributed by atoms with Gasteiger partial charge in [-0.2, -0.15) is 0 Å². The van der Waals surface area contributed by atoms with E-state index in [4.69, 9.17) is 34.8 Å². The highest BCUT2D eigenvalue weighted by Crippen LogP contribution is 2.33. The van der Waals surface area contributed by atoms with E-state index in [0.29, 0.717) is 46.1 Å². The van der Waals surface area contributed by atoms with Crippen LogP contribution in [0.4, 0.5) is 11.6 Å². The summed E-state index contributed by atoms with van der Waals surface area (Å²) in [5.41, 5.74) is 2.17. The van der Waals surface area contributed by atoms with E-state index in [1.54, 1.807) is 0 Å². The Labute approximate surface area is 155 Å². The largest absolute Gasteiger partial charge is 0.354 e. The van der Waals surface area contributed by atoms with Gasteiger partial charge in [-0.15, -0.1) is 0 Å². The number of benzene rings is 1. The van der Waals surface area contributed by atoms with E-state index >= 15 is 0 Å². The predicted octanol–water partition coefficient (Wildman–Crippen LogP) is 4.88. The average Bonchev–Trinajstić information content (AvgIpc) is 2.46. The molecule has 1 aromatic carbocycles. The summed E-state index contributed by atoms with van der Waals surface area (Å²) in [7, 11) is 0. The lowest BCUT2D eigenvalue weighted by atomic mass is 10.2. The number of amides is 1. The number of aryl methyl sites for hydroxylation is 2. The van der Waals surface area contributed by atoms with Crippen LogP contribution in [0.2, 0.25) is 15.1 Å². The van der Waals surface area contributed by atoms with Crippen molar-refractivity contribution in [2.45, 2.75) is 26.7 Å². The molecular weight excluding hydrogens is 371 g/mol. The molecule has 0 bridgehead atoms. The Kier molecular flexibility index (Phi) is 6.66. The number of carbonyl (C=O) groups excluding carboxylic acids is 1. The molecule has 24 heavy (non-hydrogen) atoms. The number of aromatic nitrogens is 2. The summed E-state index contributed by atoms with van der Waals surface area (Å²) in [6.45, 7) is 4.40. The number of anilines is 2. The van der Waals surface area contributed by atoms with Crippen molar-refractivity contribution in [2.24, 2.45) is 0 Å². The fourth-order valence-electron chi connectivity index (χ4n) is 2.12. The van der Waals surface area contributed by atoms with Crippen LogP contribution in [0.15, 0.2) is 18.2 Å². The van der Waals surface area contributed by atoms with Crippen molar-refractivity contribution in [1.29, 1.82) is 0 Å². The average molecular weight is 388 g/mol. The van der Waals surface area contributed by atoms with Gasteiger partial charge in [0.15, 0.2) is 0 Å². The Morgan fingerprint density at radius 2 is 1.62 bits per heavy atom. The Morgan fingerprint density at radius 3 is 2.21 bits per heavy atom. The van der Waals surface area contributed by atoms with E-state index in [1.807, 2.05) is 19.9 Å². The third-order valence-corrected chi connectivity index (χ3v) is 3.93. The molecule has 0 saturated heterocycles. The van der Waals surface area contributed by atoms with Crippen LogP contribution in [0.25, 0.3) is 0 Å². The summed E-state index contributed by atoms with van der Waals surface area (Å²) < 4.78 is 0. The summed E-state index contributed by atoms with van der Waals surface area (Å²) in [4.78, 5) is 20.6. The van der Waals surface area contributed by atoms with Crippen LogP contribution in [-0.4, -0.2) is 22.4 Å². The van der Waals surface area contributed by atoms with Gasteiger partial charge in [-0.25, -0.2) is 9.97 Å². The highest BCUT2D eigenvalue weighted by atomic mass is 35.5. The third kappa shape index (κ3) is 5.51. The molecule has 5 nitrogen and oxygen atoms in total. The Hall–Kier alpha value is -1.56. The molecule has 2 rings (SSSR count). The van der Waals surface area contributed by atoms with Crippen molar-refractivity contribution in [2.75, 3.05) is 17.2 Å². The molecule has 0 aliphatic carbocycles. The minimum absolute atomic E-state index is 0.177. The van der Waals surface area contributed by atoms with Gasteiger partial charge in [0.2, 0.25) is 11.9 Å². The van der Waals surface area contributed by atoms with Gasteiger partial charge in [0.1, 0.15) is 0 Å². The molecular formula is C16H17Cl3N4O. The molecule has 2 N–H and O–H groups in total. The summed E-state index contributed by atoms with van der Waals surface area (Å²) in [5, 5.41) is 6.84. The van der Waals surface area contributed by atoms with Gasteiger partial charge < -0.3 is 10.6 Å². The van der Waals surface area contributed by atoms with Crippen molar-refractivity contribution >= 4 is 52.3 Å². The van der Waals surface area contributed by atoms with Crippen molar-refractivity contribution in [3.63, 3.8) is 0 Å². The molecule has 2 aromatic rings. The first-order chi connectivity index (χ1) is 11.3. The van der Waals surface area contributed by atoms with E-state index in [1.165, 1.54) is 12.1 Å². The number of halogens is 3. The van der Waals surface area contributed by atoms with Crippen molar-refractivity contribution in [1.82, 2.24) is 9.97 Å². The number of hydrogen-bond donors (Lipinski definition) is 2. The molecule has 0 radical (unpaired) electrons. The van der Waals surface area contributed by atoms with Gasteiger partial charge in [0, 0.05) is 29.4 Å². The van der Waals surface area contributed by atoms with Gasteiger partial charge in [-0.1, -0.05) is 34.8 Å². The van der Waals surface area contributed by atoms with E-state index in [9.17, 15) is 4.79 Å². The van der Waals surface area contributed by atoms with Crippen LogP contribution in [0.3, 0.4) is 0 Å².